The van der Waals surface area contributed by atoms with Crippen molar-refractivity contribution in [1.82, 2.24) is 4.90 Å². The van der Waals surface area contributed by atoms with Crippen LogP contribution in [0.15, 0.2) is 78.9 Å². The normalized spacial score (nSPS) is 15.9. The maximum Gasteiger partial charge on any atom is 0.491 e. The molecular weight excluding hydrogens is 575 g/mol. The third-order valence-electron chi connectivity index (χ3n) is 7.44. The number of nitrogens with two attached hydrogens (primary N) is 1. The summed E-state index contributed by atoms with van der Waals surface area (Å²) >= 11 is 0. The summed E-state index contributed by atoms with van der Waals surface area (Å²) in [5.41, 5.74) is 8.34. The number of anilines is 1. The van der Waals surface area contributed by atoms with Crippen LogP contribution in [0.4, 0.5) is 18.9 Å². The van der Waals surface area contributed by atoms with Gasteiger partial charge >= 0.3 is 18.1 Å². The molecule has 8 nitrogen and oxygen atoms in total. The van der Waals surface area contributed by atoms with Crippen LogP contribution in [0.25, 0.3) is 0 Å². The lowest BCUT2D eigenvalue weighted by Gasteiger charge is -2.35. The largest absolute Gasteiger partial charge is 0.491 e. The van der Waals surface area contributed by atoms with Crippen LogP contribution in [0.1, 0.15) is 65.7 Å². The number of carbonyl (C=O) groups excluding carboxylic acids is 4. The summed E-state index contributed by atoms with van der Waals surface area (Å²) in [4.78, 5) is 55.4. The molecule has 1 aliphatic heterocycles. The number of alkyl halides is 3. The van der Waals surface area contributed by atoms with Crippen molar-refractivity contribution in [2.45, 2.75) is 63.8 Å². The third-order valence-corrected chi connectivity index (χ3v) is 7.44. The van der Waals surface area contributed by atoms with E-state index in [1.54, 1.807) is 42.5 Å². The monoisotopic (exact) mass is 609 g/mol. The van der Waals surface area contributed by atoms with E-state index >= 15 is 0 Å². The van der Waals surface area contributed by atoms with Crippen molar-refractivity contribution in [1.29, 1.82) is 0 Å². The summed E-state index contributed by atoms with van der Waals surface area (Å²) in [6.45, 7) is 2.15. The second kappa shape index (κ2) is 14.3. The highest BCUT2D eigenvalue weighted by Gasteiger charge is 2.45. The van der Waals surface area contributed by atoms with E-state index in [0.29, 0.717) is 24.2 Å². The van der Waals surface area contributed by atoms with Crippen molar-refractivity contribution in [2.75, 3.05) is 11.4 Å². The summed E-state index contributed by atoms with van der Waals surface area (Å²) < 4.78 is 42.3. The Morgan fingerprint density at radius 2 is 1.57 bits per heavy atom. The van der Waals surface area contributed by atoms with Crippen LogP contribution in [0.3, 0.4) is 0 Å². The van der Waals surface area contributed by atoms with E-state index in [1.807, 2.05) is 36.4 Å². The number of amides is 2. The van der Waals surface area contributed by atoms with Gasteiger partial charge in [0.15, 0.2) is 0 Å². The van der Waals surface area contributed by atoms with Crippen LogP contribution < -0.4 is 10.6 Å². The van der Waals surface area contributed by atoms with Crippen LogP contribution in [-0.2, 0) is 32.1 Å². The highest BCUT2D eigenvalue weighted by Crippen LogP contribution is 2.38. The van der Waals surface area contributed by atoms with Gasteiger partial charge in [0.05, 0.1) is 24.2 Å². The second-order valence-electron chi connectivity index (χ2n) is 10.7. The Morgan fingerprint density at radius 1 is 0.909 bits per heavy atom. The lowest BCUT2D eigenvalue weighted by molar-refractivity contribution is -0.202. The van der Waals surface area contributed by atoms with Gasteiger partial charge in [-0.1, -0.05) is 73.2 Å². The molecule has 2 atom stereocenters. The molecule has 1 aliphatic rings. The van der Waals surface area contributed by atoms with Gasteiger partial charge in [-0.3, -0.25) is 14.4 Å². The number of aryl methyl sites for hydroxylation is 1. The molecule has 11 heteroatoms. The van der Waals surface area contributed by atoms with Crippen LogP contribution in [0, 0.1) is 0 Å². The third kappa shape index (κ3) is 7.71. The van der Waals surface area contributed by atoms with Crippen molar-refractivity contribution < 1.29 is 37.1 Å². The number of unbranched alkanes of at least 4 members (excludes halogenated alkanes) is 2. The highest BCUT2D eigenvalue weighted by atomic mass is 19.4. The number of esters is 2. The molecule has 1 heterocycles. The molecule has 0 aliphatic carbocycles. The molecule has 2 amide bonds. The van der Waals surface area contributed by atoms with Crippen LogP contribution >= 0.6 is 0 Å². The number of ether oxygens (including phenoxy) is 1. The summed E-state index contributed by atoms with van der Waals surface area (Å²) in [6, 6.07) is 20.7. The highest BCUT2D eigenvalue weighted by molar-refractivity contribution is 6.11. The molecule has 4 rings (SSSR count). The first-order valence-electron chi connectivity index (χ1n) is 14.4. The first-order chi connectivity index (χ1) is 21.0. The van der Waals surface area contributed by atoms with Crippen molar-refractivity contribution in [3.63, 3.8) is 0 Å². The number of fused-ring (bicyclic) bond motifs is 1. The molecule has 0 saturated heterocycles. The average molecular weight is 610 g/mol. The van der Waals surface area contributed by atoms with Crippen LogP contribution in [-0.4, -0.2) is 47.4 Å². The minimum atomic E-state index is -5.36. The Balaban J connectivity index is 1.79. The number of halogens is 3. The molecule has 44 heavy (non-hydrogen) atoms. The number of carbonyl (C=O) groups is 4. The van der Waals surface area contributed by atoms with E-state index in [-0.39, 0.29) is 12.1 Å². The number of hydrogen-bond acceptors (Lipinski definition) is 6. The van der Waals surface area contributed by atoms with Crippen molar-refractivity contribution in [3.05, 3.63) is 101 Å². The van der Waals surface area contributed by atoms with Crippen molar-refractivity contribution in [2.24, 2.45) is 5.73 Å². The average Bonchev–Trinajstić information content (AvgIpc) is 3.08. The molecule has 232 valence electrons. The van der Waals surface area contributed by atoms with Gasteiger partial charge in [-0.05, 0) is 61.6 Å². The predicted molar refractivity (Wildman–Crippen MR) is 157 cm³/mol. The lowest BCUT2D eigenvalue weighted by Crippen LogP contribution is -2.47. The first-order valence-corrected chi connectivity index (χ1v) is 14.4. The summed E-state index contributed by atoms with van der Waals surface area (Å²) in [5.74, 6) is -5.16. The molecular formula is C33H34F3N3O5. The molecule has 2 unspecified atom stereocenters. The van der Waals surface area contributed by atoms with Crippen molar-refractivity contribution in [3.8, 4) is 0 Å². The minimum absolute atomic E-state index is 0.142. The number of hydrogen-bond donors (Lipinski definition) is 1. The Kier molecular flexibility index (Phi) is 10.5. The topological polar surface area (TPSA) is 110 Å². The van der Waals surface area contributed by atoms with Gasteiger partial charge in [0, 0.05) is 6.04 Å². The molecule has 0 saturated carbocycles. The Bertz CT molecular complexity index is 1480. The Morgan fingerprint density at radius 3 is 2.20 bits per heavy atom. The zero-order valence-electron chi connectivity index (χ0n) is 24.3. The minimum Gasteiger partial charge on any atom is -0.386 e. The summed E-state index contributed by atoms with van der Waals surface area (Å²) in [7, 11) is 0. The first kappa shape index (κ1) is 32.4. The fraction of sp³-hybridized carbons (Fsp3) is 0.333. The molecule has 0 fully saturated rings. The van der Waals surface area contributed by atoms with Gasteiger partial charge in [0.25, 0.3) is 11.8 Å². The zero-order chi connectivity index (χ0) is 31.9. The van der Waals surface area contributed by atoms with E-state index in [1.165, 1.54) is 16.7 Å². The fourth-order valence-electron chi connectivity index (χ4n) is 5.30. The van der Waals surface area contributed by atoms with Gasteiger partial charge in [-0.2, -0.15) is 13.2 Å². The second-order valence-corrected chi connectivity index (χ2v) is 10.7. The summed E-state index contributed by atoms with van der Waals surface area (Å²) in [6.07, 6.45) is -2.86. The smallest absolute Gasteiger partial charge is 0.386 e. The van der Waals surface area contributed by atoms with E-state index in [2.05, 4.69) is 4.74 Å². The van der Waals surface area contributed by atoms with E-state index in [4.69, 9.17) is 5.73 Å². The molecule has 2 N–H and O–H groups in total. The zero-order valence-corrected chi connectivity index (χ0v) is 24.3. The predicted octanol–water partition coefficient (Wildman–Crippen LogP) is 5.50. The molecule has 0 aromatic heterocycles. The number of rotatable bonds is 11. The van der Waals surface area contributed by atoms with Gasteiger partial charge < -0.3 is 20.3 Å². The maximum atomic E-state index is 14.5. The summed E-state index contributed by atoms with van der Waals surface area (Å²) in [5, 5.41) is 0. The van der Waals surface area contributed by atoms with Gasteiger partial charge in [0.1, 0.15) is 6.04 Å². The molecule has 0 bridgehead atoms. The van der Waals surface area contributed by atoms with E-state index in [9.17, 15) is 32.3 Å². The van der Waals surface area contributed by atoms with E-state index < -0.39 is 48.4 Å². The van der Waals surface area contributed by atoms with Gasteiger partial charge in [-0.25, -0.2) is 4.79 Å². The molecule has 0 spiro atoms. The lowest BCUT2D eigenvalue weighted by atomic mass is 10.00. The number of nitrogens with zero attached hydrogens (tertiary/aromatic N) is 2. The van der Waals surface area contributed by atoms with Crippen LogP contribution in [0.2, 0.25) is 0 Å². The van der Waals surface area contributed by atoms with Gasteiger partial charge in [0.2, 0.25) is 0 Å². The maximum absolute atomic E-state index is 14.5. The number of benzene rings is 3. The van der Waals surface area contributed by atoms with Crippen molar-refractivity contribution >= 4 is 29.4 Å². The van der Waals surface area contributed by atoms with E-state index in [0.717, 1.165) is 30.4 Å². The SMILES string of the molecule is CC(CC(=O)OC(=O)C(F)(F)F)N1C(=O)c2cc(CCCCCN)ccc2N(Cc2ccccc2)C(=O)C1c1ccccc1. The molecule has 0 radical (unpaired) electrons. The Labute approximate surface area is 253 Å². The molecule has 3 aromatic rings. The van der Waals surface area contributed by atoms with Gasteiger partial charge in [-0.15, -0.1) is 0 Å². The standard InChI is InChI=1S/C33H34F3N3O5/c1-22(19-28(40)44-32(43)33(34,35)36)39-29(25-14-8-3-9-15-25)31(42)38(21-24-12-5-2-6-13-24)27-17-16-23(11-7-4-10-18-37)20-26(27)30(39)41/h2-3,5-6,8-9,12-17,20,22,29H,4,7,10-11,18-19,21,37H2,1H3. The van der Waals surface area contributed by atoms with Crippen LogP contribution in [0.5, 0.6) is 0 Å². The Hall–Kier alpha value is -4.51. The molecule has 3 aromatic carbocycles. The fourth-order valence-corrected chi connectivity index (χ4v) is 5.30. The quantitative estimate of drug-likeness (QED) is 0.175.